The van der Waals surface area contributed by atoms with Crippen LogP contribution >= 0.6 is 27.5 Å². The van der Waals surface area contributed by atoms with E-state index >= 15 is 0 Å². The van der Waals surface area contributed by atoms with Gasteiger partial charge in [-0.1, -0.05) is 12.1 Å². The highest BCUT2D eigenvalue weighted by atomic mass is 79.9. The number of benzene rings is 1. The number of pyridine rings is 1. The fraction of sp³-hybridized carbons (Fsp3) is 0. The number of nitrogens with one attached hydrogen (secondary N) is 1. The predicted molar refractivity (Wildman–Crippen MR) is 84.2 cm³/mol. The van der Waals surface area contributed by atoms with Crippen molar-refractivity contribution in [2.24, 2.45) is 0 Å². The zero-order valence-corrected chi connectivity index (χ0v) is 12.5. The summed E-state index contributed by atoms with van der Waals surface area (Å²) in [4.78, 5) is 12.3. The van der Waals surface area contributed by atoms with Crippen LogP contribution in [0.2, 0.25) is 5.28 Å². The Kier molecular flexibility index (Phi) is 3.42. The molecule has 0 saturated carbocycles. The third kappa shape index (κ3) is 2.52. The maximum absolute atomic E-state index is 5.83. The van der Waals surface area contributed by atoms with E-state index in [2.05, 4.69) is 36.2 Å². The molecule has 2 aromatic heterocycles. The number of aromatic nitrogens is 3. The smallest absolute Gasteiger partial charge is 0.224 e. The lowest BCUT2D eigenvalue weighted by atomic mass is 10.2. The summed E-state index contributed by atoms with van der Waals surface area (Å²) < 4.78 is 0.923. The van der Waals surface area contributed by atoms with Crippen LogP contribution in [0.4, 0.5) is 17.2 Å². The summed E-state index contributed by atoms with van der Waals surface area (Å²) in [6.07, 6.45) is 3.21. The van der Waals surface area contributed by atoms with E-state index in [1.54, 1.807) is 6.20 Å². The Balaban J connectivity index is 2.09. The number of nitrogens with zero attached hydrogens (tertiary/aromatic N) is 3. The maximum Gasteiger partial charge on any atom is 0.224 e. The monoisotopic (exact) mass is 349 g/mol. The molecule has 3 aromatic rings. The quantitative estimate of drug-likeness (QED) is 0.688. The molecule has 5 nitrogen and oxygen atoms in total. The average molecular weight is 351 g/mol. The molecule has 0 radical (unpaired) electrons. The van der Waals surface area contributed by atoms with Crippen LogP contribution in [-0.4, -0.2) is 15.0 Å². The molecule has 0 fully saturated rings. The lowest BCUT2D eigenvalue weighted by molar-refractivity contribution is 1.17. The summed E-state index contributed by atoms with van der Waals surface area (Å²) in [5.74, 6) is 0.460. The van der Waals surface area contributed by atoms with Crippen LogP contribution in [0.5, 0.6) is 0 Å². The molecular weight excluding hydrogens is 342 g/mol. The predicted octanol–water partition coefficient (Wildman–Crippen LogP) is 3.77. The minimum atomic E-state index is 0.137. The average Bonchev–Trinajstić information content (AvgIpc) is 2.43. The Hall–Kier alpha value is -1.92. The zero-order chi connectivity index (χ0) is 14.1. The molecule has 3 rings (SSSR count). The summed E-state index contributed by atoms with van der Waals surface area (Å²) in [7, 11) is 0. The SMILES string of the molecule is Nc1cnc(Cl)nc1Nc1cccc2cc(Br)cnc12. The van der Waals surface area contributed by atoms with Gasteiger partial charge >= 0.3 is 0 Å². The molecule has 0 bridgehead atoms. The number of para-hydroxylation sites is 1. The minimum Gasteiger partial charge on any atom is -0.394 e. The van der Waals surface area contributed by atoms with Gasteiger partial charge in [0.1, 0.15) is 0 Å². The molecule has 100 valence electrons. The van der Waals surface area contributed by atoms with E-state index in [0.29, 0.717) is 11.5 Å². The highest BCUT2D eigenvalue weighted by Gasteiger charge is 2.07. The molecule has 1 aromatic carbocycles. The number of hydrogen-bond acceptors (Lipinski definition) is 5. The van der Waals surface area contributed by atoms with Gasteiger partial charge in [0.15, 0.2) is 5.82 Å². The molecule has 0 saturated heterocycles. The van der Waals surface area contributed by atoms with Gasteiger partial charge in [0.25, 0.3) is 0 Å². The first-order valence-corrected chi connectivity index (χ1v) is 6.90. The van der Waals surface area contributed by atoms with E-state index in [0.717, 1.165) is 21.1 Å². The van der Waals surface area contributed by atoms with Gasteiger partial charge in [-0.05, 0) is 39.7 Å². The first kappa shape index (κ1) is 13.1. The molecule has 7 heteroatoms. The van der Waals surface area contributed by atoms with Crippen molar-refractivity contribution in [3.63, 3.8) is 0 Å². The molecule has 0 atom stereocenters. The lowest BCUT2D eigenvalue weighted by Crippen LogP contribution is -2.01. The second-order valence-corrected chi connectivity index (χ2v) is 5.35. The van der Waals surface area contributed by atoms with Crippen molar-refractivity contribution < 1.29 is 0 Å². The van der Waals surface area contributed by atoms with Crippen LogP contribution in [-0.2, 0) is 0 Å². The molecule has 0 amide bonds. The summed E-state index contributed by atoms with van der Waals surface area (Å²) in [6.45, 7) is 0. The summed E-state index contributed by atoms with van der Waals surface area (Å²) >= 11 is 9.19. The van der Waals surface area contributed by atoms with Crippen LogP contribution in [0.15, 0.2) is 41.1 Å². The topological polar surface area (TPSA) is 76.7 Å². The third-order valence-electron chi connectivity index (χ3n) is 2.72. The van der Waals surface area contributed by atoms with Crippen molar-refractivity contribution in [2.45, 2.75) is 0 Å². The Morgan fingerprint density at radius 3 is 2.90 bits per heavy atom. The van der Waals surface area contributed by atoms with Gasteiger partial charge in [-0.2, -0.15) is 4.98 Å². The van der Waals surface area contributed by atoms with Crippen LogP contribution in [0.1, 0.15) is 0 Å². The first-order valence-electron chi connectivity index (χ1n) is 5.73. The van der Waals surface area contributed by atoms with Crippen LogP contribution < -0.4 is 11.1 Å². The number of nitrogens with two attached hydrogens (primary N) is 1. The number of nitrogen functional groups attached to an aromatic ring is 1. The fourth-order valence-corrected chi connectivity index (χ4v) is 2.31. The van der Waals surface area contributed by atoms with Gasteiger partial charge in [-0.25, -0.2) is 4.98 Å². The second-order valence-electron chi connectivity index (χ2n) is 4.10. The Morgan fingerprint density at radius 1 is 1.20 bits per heavy atom. The van der Waals surface area contributed by atoms with Gasteiger partial charge in [0.2, 0.25) is 5.28 Å². The number of hydrogen-bond donors (Lipinski definition) is 2. The van der Waals surface area contributed by atoms with Gasteiger partial charge in [0.05, 0.1) is 23.1 Å². The Morgan fingerprint density at radius 2 is 2.05 bits per heavy atom. The molecule has 2 heterocycles. The highest BCUT2D eigenvalue weighted by molar-refractivity contribution is 9.10. The molecule has 3 N–H and O–H groups in total. The summed E-state index contributed by atoms with van der Waals surface area (Å²) in [5, 5.41) is 4.28. The highest BCUT2D eigenvalue weighted by Crippen LogP contribution is 2.28. The molecule has 0 spiro atoms. The molecule has 0 aliphatic carbocycles. The van der Waals surface area contributed by atoms with Gasteiger partial charge < -0.3 is 11.1 Å². The summed E-state index contributed by atoms with van der Waals surface area (Å²) in [6, 6.07) is 7.80. The molecular formula is C13H9BrClN5. The normalized spacial score (nSPS) is 10.7. The van der Waals surface area contributed by atoms with E-state index in [1.165, 1.54) is 6.20 Å². The number of anilines is 3. The van der Waals surface area contributed by atoms with E-state index in [9.17, 15) is 0 Å². The lowest BCUT2D eigenvalue weighted by Gasteiger charge is -2.10. The Labute approximate surface area is 128 Å². The zero-order valence-electron chi connectivity index (χ0n) is 10.1. The van der Waals surface area contributed by atoms with E-state index in [4.69, 9.17) is 17.3 Å². The van der Waals surface area contributed by atoms with E-state index in [1.807, 2.05) is 24.3 Å². The second kappa shape index (κ2) is 5.22. The number of rotatable bonds is 2. The molecule has 20 heavy (non-hydrogen) atoms. The van der Waals surface area contributed by atoms with Crippen molar-refractivity contribution >= 4 is 55.6 Å². The van der Waals surface area contributed by atoms with Gasteiger partial charge in [-0.3, -0.25) is 4.98 Å². The maximum atomic E-state index is 5.83. The molecule has 0 aliphatic rings. The van der Waals surface area contributed by atoms with Crippen molar-refractivity contribution in [3.05, 3.63) is 46.4 Å². The third-order valence-corrected chi connectivity index (χ3v) is 3.33. The van der Waals surface area contributed by atoms with Crippen LogP contribution in [0, 0.1) is 0 Å². The van der Waals surface area contributed by atoms with Gasteiger partial charge in [-0.15, -0.1) is 0 Å². The van der Waals surface area contributed by atoms with Crippen molar-refractivity contribution in [2.75, 3.05) is 11.1 Å². The fourth-order valence-electron chi connectivity index (χ4n) is 1.83. The standard InChI is InChI=1S/C13H9BrClN5/c14-8-4-7-2-1-3-10(11(7)17-5-8)19-12-9(16)6-18-13(15)20-12/h1-6H,16H2,(H,18,19,20). The minimum absolute atomic E-state index is 0.137. The molecule has 0 aliphatic heterocycles. The van der Waals surface area contributed by atoms with E-state index in [-0.39, 0.29) is 5.28 Å². The number of halogens is 2. The summed E-state index contributed by atoms with van der Waals surface area (Å²) in [5.41, 5.74) is 7.88. The first-order chi connectivity index (χ1) is 9.63. The largest absolute Gasteiger partial charge is 0.394 e. The van der Waals surface area contributed by atoms with Crippen LogP contribution in [0.25, 0.3) is 10.9 Å². The number of fused-ring (bicyclic) bond motifs is 1. The Bertz CT molecular complexity index is 793. The van der Waals surface area contributed by atoms with Crippen molar-refractivity contribution in [1.82, 2.24) is 15.0 Å². The molecule has 0 unspecified atom stereocenters. The van der Waals surface area contributed by atoms with Crippen LogP contribution in [0.3, 0.4) is 0 Å². The van der Waals surface area contributed by atoms with Crippen molar-refractivity contribution in [3.8, 4) is 0 Å². The van der Waals surface area contributed by atoms with Crippen molar-refractivity contribution in [1.29, 1.82) is 0 Å². The van der Waals surface area contributed by atoms with E-state index < -0.39 is 0 Å². The van der Waals surface area contributed by atoms with Gasteiger partial charge in [0, 0.05) is 16.1 Å².